The van der Waals surface area contributed by atoms with Gasteiger partial charge in [0.1, 0.15) is 0 Å². The number of carbonyl (C=O) groups excluding carboxylic acids is 1. The maximum absolute atomic E-state index is 11.9. The molecule has 7 nitrogen and oxygen atoms in total. The molecule has 0 atom stereocenters. The first-order valence-electron chi connectivity index (χ1n) is 6.77. The Morgan fingerprint density at radius 3 is 2.73 bits per heavy atom. The van der Waals surface area contributed by atoms with Crippen molar-refractivity contribution in [3.05, 3.63) is 42.2 Å². The molecule has 0 bridgehead atoms. The van der Waals surface area contributed by atoms with Gasteiger partial charge in [0.25, 0.3) is 5.91 Å². The van der Waals surface area contributed by atoms with E-state index in [-0.39, 0.29) is 18.3 Å². The van der Waals surface area contributed by atoms with Gasteiger partial charge in [-0.1, -0.05) is 23.4 Å². The number of hydrogen-bond donors (Lipinski definition) is 2. The summed E-state index contributed by atoms with van der Waals surface area (Å²) >= 11 is 0. The third-order valence-electron chi connectivity index (χ3n) is 2.82. The van der Waals surface area contributed by atoms with Gasteiger partial charge in [0.15, 0.2) is 5.69 Å². The minimum absolute atomic E-state index is 0. The van der Waals surface area contributed by atoms with Crippen LogP contribution in [-0.4, -0.2) is 54.3 Å². The van der Waals surface area contributed by atoms with Crippen molar-refractivity contribution >= 4 is 18.3 Å². The van der Waals surface area contributed by atoms with Crippen molar-refractivity contribution in [1.82, 2.24) is 25.6 Å². The third kappa shape index (κ3) is 5.44. The second-order valence-corrected chi connectivity index (χ2v) is 4.38. The van der Waals surface area contributed by atoms with Crippen LogP contribution in [-0.2, 0) is 4.74 Å². The number of nitrogens with one attached hydrogen (secondary N) is 2. The average molecular weight is 326 g/mol. The van der Waals surface area contributed by atoms with Gasteiger partial charge in [0.2, 0.25) is 0 Å². The minimum atomic E-state index is -0.231. The Bertz CT molecular complexity index is 561. The van der Waals surface area contributed by atoms with Gasteiger partial charge in [-0.2, -0.15) is 0 Å². The number of aromatic nitrogens is 3. The molecule has 1 heterocycles. The molecule has 120 valence electrons. The predicted molar refractivity (Wildman–Crippen MR) is 85.7 cm³/mol. The van der Waals surface area contributed by atoms with E-state index >= 15 is 0 Å². The summed E-state index contributed by atoms with van der Waals surface area (Å²) in [6, 6.07) is 9.53. The largest absolute Gasteiger partial charge is 0.383 e. The molecular formula is C14H20ClN5O2. The number of hydrogen-bond acceptors (Lipinski definition) is 5. The molecule has 0 saturated heterocycles. The van der Waals surface area contributed by atoms with E-state index in [1.165, 1.54) is 0 Å². The number of halogens is 1. The Morgan fingerprint density at radius 1 is 1.23 bits per heavy atom. The van der Waals surface area contributed by atoms with Crippen LogP contribution in [0.4, 0.5) is 0 Å². The summed E-state index contributed by atoms with van der Waals surface area (Å²) in [5, 5.41) is 13.8. The fourth-order valence-corrected chi connectivity index (χ4v) is 1.73. The third-order valence-corrected chi connectivity index (χ3v) is 2.82. The zero-order valence-corrected chi connectivity index (χ0v) is 13.2. The van der Waals surface area contributed by atoms with Crippen LogP contribution in [0.25, 0.3) is 5.69 Å². The van der Waals surface area contributed by atoms with E-state index in [1.807, 2.05) is 30.3 Å². The van der Waals surface area contributed by atoms with Crippen molar-refractivity contribution in [1.29, 1.82) is 0 Å². The summed E-state index contributed by atoms with van der Waals surface area (Å²) in [6.45, 7) is 2.62. The van der Waals surface area contributed by atoms with E-state index in [1.54, 1.807) is 18.0 Å². The van der Waals surface area contributed by atoms with Crippen LogP contribution >= 0.6 is 12.4 Å². The molecule has 0 unspecified atom stereocenters. The van der Waals surface area contributed by atoms with Gasteiger partial charge in [0.05, 0.1) is 18.5 Å². The van der Waals surface area contributed by atoms with Crippen LogP contribution in [0.15, 0.2) is 36.5 Å². The van der Waals surface area contributed by atoms with Crippen molar-refractivity contribution in [3.63, 3.8) is 0 Å². The van der Waals surface area contributed by atoms with Gasteiger partial charge in [-0.05, 0) is 12.1 Å². The van der Waals surface area contributed by atoms with Crippen molar-refractivity contribution in [2.45, 2.75) is 0 Å². The standard InChI is InChI=1S/C14H19N5O2.ClH/c1-21-10-9-15-7-8-16-14(20)13-11-19(18-17-13)12-5-3-2-4-6-12;/h2-6,11,15H,7-10H2,1H3,(H,16,20);1H. The normalized spacial score (nSPS) is 10.0. The molecule has 0 radical (unpaired) electrons. The molecule has 0 fully saturated rings. The summed E-state index contributed by atoms with van der Waals surface area (Å²) < 4.78 is 6.49. The summed E-state index contributed by atoms with van der Waals surface area (Å²) in [5.74, 6) is -0.231. The van der Waals surface area contributed by atoms with E-state index < -0.39 is 0 Å². The molecule has 0 spiro atoms. The number of para-hydroxylation sites is 1. The van der Waals surface area contributed by atoms with Crippen LogP contribution in [0.3, 0.4) is 0 Å². The Hall–Kier alpha value is -1.96. The fraction of sp³-hybridized carbons (Fsp3) is 0.357. The highest BCUT2D eigenvalue weighted by molar-refractivity contribution is 5.91. The first kappa shape index (κ1) is 18.1. The zero-order chi connectivity index (χ0) is 14.9. The molecule has 22 heavy (non-hydrogen) atoms. The Morgan fingerprint density at radius 2 is 2.00 bits per heavy atom. The second-order valence-electron chi connectivity index (χ2n) is 4.38. The molecule has 0 aliphatic heterocycles. The highest BCUT2D eigenvalue weighted by Gasteiger charge is 2.10. The van der Waals surface area contributed by atoms with Gasteiger partial charge in [-0.15, -0.1) is 17.5 Å². The SMILES string of the molecule is COCCNCCNC(=O)c1cn(-c2ccccc2)nn1.Cl. The monoisotopic (exact) mass is 325 g/mol. The van der Waals surface area contributed by atoms with E-state index in [0.717, 1.165) is 12.2 Å². The van der Waals surface area contributed by atoms with Crippen LogP contribution in [0.2, 0.25) is 0 Å². The van der Waals surface area contributed by atoms with Gasteiger partial charge >= 0.3 is 0 Å². The second kappa shape index (κ2) is 9.88. The van der Waals surface area contributed by atoms with E-state index in [9.17, 15) is 4.79 Å². The number of methoxy groups -OCH3 is 1. The summed E-state index contributed by atoms with van der Waals surface area (Å²) in [4.78, 5) is 11.9. The number of rotatable bonds is 8. The Balaban J connectivity index is 0.00000242. The minimum Gasteiger partial charge on any atom is -0.383 e. The Kier molecular flexibility index (Phi) is 8.13. The number of benzene rings is 1. The van der Waals surface area contributed by atoms with Gasteiger partial charge in [-0.3, -0.25) is 4.79 Å². The van der Waals surface area contributed by atoms with E-state index in [4.69, 9.17) is 4.74 Å². The molecule has 1 amide bonds. The van der Waals surface area contributed by atoms with Crippen molar-refractivity contribution in [2.75, 3.05) is 33.4 Å². The summed E-state index contributed by atoms with van der Waals surface area (Å²) in [7, 11) is 1.65. The average Bonchev–Trinajstić information content (AvgIpc) is 3.01. The van der Waals surface area contributed by atoms with Crippen molar-refractivity contribution in [2.24, 2.45) is 0 Å². The first-order valence-corrected chi connectivity index (χ1v) is 6.77. The zero-order valence-electron chi connectivity index (χ0n) is 12.4. The lowest BCUT2D eigenvalue weighted by molar-refractivity contribution is 0.0948. The van der Waals surface area contributed by atoms with Crippen LogP contribution in [0.5, 0.6) is 0 Å². The molecule has 8 heteroatoms. The summed E-state index contributed by atoms with van der Waals surface area (Å²) in [6.07, 6.45) is 1.61. The predicted octanol–water partition coefficient (Wildman–Crippen LogP) is 0.655. The quantitative estimate of drug-likeness (QED) is 0.697. The van der Waals surface area contributed by atoms with E-state index in [2.05, 4.69) is 20.9 Å². The molecule has 0 aliphatic carbocycles. The van der Waals surface area contributed by atoms with Crippen LogP contribution < -0.4 is 10.6 Å². The highest BCUT2D eigenvalue weighted by atomic mass is 35.5. The molecule has 0 aliphatic rings. The lowest BCUT2D eigenvalue weighted by Crippen LogP contribution is -2.33. The number of carbonyl (C=O) groups is 1. The van der Waals surface area contributed by atoms with Crippen LogP contribution in [0, 0.1) is 0 Å². The van der Waals surface area contributed by atoms with Gasteiger partial charge in [0, 0.05) is 26.7 Å². The summed E-state index contributed by atoms with van der Waals surface area (Å²) in [5.41, 5.74) is 1.17. The molecule has 2 rings (SSSR count). The number of ether oxygens (including phenoxy) is 1. The Labute approximate surface area is 135 Å². The molecule has 1 aromatic carbocycles. The van der Waals surface area contributed by atoms with Crippen molar-refractivity contribution in [3.8, 4) is 5.69 Å². The molecule has 2 aromatic rings. The first-order chi connectivity index (χ1) is 10.3. The molecular weight excluding hydrogens is 306 g/mol. The number of amides is 1. The van der Waals surface area contributed by atoms with Crippen molar-refractivity contribution < 1.29 is 9.53 Å². The van der Waals surface area contributed by atoms with Gasteiger partial charge in [-0.25, -0.2) is 4.68 Å². The van der Waals surface area contributed by atoms with Gasteiger partial charge < -0.3 is 15.4 Å². The van der Waals surface area contributed by atoms with Crippen LogP contribution in [0.1, 0.15) is 10.5 Å². The fourth-order valence-electron chi connectivity index (χ4n) is 1.73. The topological polar surface area (TPSA) is 81.1 Å². The maximum atomic E-state index is 11.9. The maximum Gasteiger partial charge on any atom is 0.273 e. The highest BCUT2D eigenvalue weighted by Crippen LogP contribution is 2.05. The molecule has 0 saturated carbocycles. The van der Waals surface area contributed by atoms with E-state index in [0.29, 0.717) is 25.4 Å². The lowest BCUT2D eigenvalue weighted by Gasteiger charge is -2.04. The molecule has 2 N–H and O–H groups in total. The lowest BCUT2D eigenvalue weighted by atomic mass is 10.3. The number of nitrogens with zero attached hydrogens (tertiary/aromatic N) is 3. The smallest absolute Gasteiger partial charge is 0.273 e. The molecule has 1 aromatic heterocycles.